The molecule has 0 fully saturated rings. The summed E-state index contributed by atoms with van der Waals surface area (Å²) in [6, 6.07) is 9.37. The van der Waals surface area contributed by atoms with Crippen LogP contribution in [0.25, 0.3) is 0 Å². The van der Waals surface area contributed by atoms with E-state index in [1.54, 1.807) is 18.2 Å². The molecule has 0 amide bonds. The Balaban J connectivity index is 2.09. The molecule has 0 aliphatic rings. The van der Waals surface area contributed by atoms with Crippen LogP contribution in [-0.4, -0.2) is 40.9 Å². The van der Waals surface area contributed by atoms with Gasteiger partial charge in [-0.1, -0.05) is 12.1 Å². The van der Waals surface area contributed by atoms with Gasteiger partial charge in [0.15, 0.2) is 0 Å². The van der Waals surface area contributed by atoms with Crippen molar-refractivity contribution < 1.29 is 18.3 Å². The Morgan fingerprint density at radius 1 is 1.07 bits per heavy atom. The average Bonchev–Trinajstić information content (AvgIpc) is 2.59. The lowest BCUT2D eigenvalue weighted by Gasteiger charge is -2.29. The van der Waals surface area contributed by atoms with Crippen LogP contribution in [0.4, 0.5) is 5.82 Å². The lowest BCUT2D eigenvalue weighted by molar-refractivity contribution is 0.0697. The zero-order valence-corrected chi connectivity index (χ0v) is 16.7. The fourth-order valence-electron chi connectivity index (χ4n) is 2.87. The second kappa shape index (κ2) is 8.49. The van der Waals surface area contributed by atoms with Gasteiger partial charge in [-0.2, -0.15) is 4.31 Å². The first-order valence-electron chi connectivity index (χ1n) is 8.68. The Morgan fingerprint density at radius 2 is 1.67 bits per heavy atom. The maximum absolute atomic E-state index is 12.8. The number of nitrogens with one attached hydrogen (secondary N) is 1. The van der Waals surface area contributed by atoms with E-state index in [9.17, 15) is 13.2 Å². The first-order chi connectivity index (χ1) is 12.6. The zero-order chi connectivity index (χ0) is 20.2. The fourth-order valence-corrected chi connectivity index (χ4v) is 4.65. The summed E-state index contributed by atoms with van der Waals surface area (Å²) in [6.07, 6.45) is 1.35. The van der Waals surface area contributed by atoms with Crippen molar-refractivity contribution >= 4 is 21.8 Å². The highest BCUT2D eigenvalue weighted by Gasteiger charge is 2.29. The van der Waals surface area contributed by atoms with Gasteiger partial charge < -0.3 is 10.4 Å². The third kappa shape index (κ3) is 5.05. The van der Waals surface area contributed by atoms with Crippen LogP contribution < -0.4 is 5.32 Å². The van der Waals surface area contributed by atoms with Gasteiger partial charge in [0.25, 0.3) is 0 Å². The SMILES string of the molecule is CC(C)N(C(C)C)S(=O)(=O)c1ccc(NCc2ccc(C(=O)O)cc2)nc1. The summed E-state index contributed by atoms with van der Waals surface area (Å²) in [5.74, 6) is -0.429. The van der Waals surface area contributed by atoms with Gasteiger partial charge in [0, 0.05) is 24.8 Å². The Bertz CT molecular complexity index is 868. The summed E-state index contributed by atoms with van der Waals surface area (Å²) in [4.78, 5) is 15.2. The van der Waals surface area contributed by atoms with Gasteiger partial charge in [-0.15, -0.1) is 0 Å². The summed E-state index contributed by atoms with van der Waals surface area (Å²) < 4.78 is 27.1. The predicted octanol–water partition coefficient (Wildman–Crippen LogP) is 3.20. The second-order valence-electron chi connectivity index (χ2n) is 6.76. The molecule has 0 saturated carbocycles. The molecule has 0 radical (unpaired) electrons. The van der Waals surface area contributed by atoms with Crippen LogP contribution in [0.2, 0.25) is 0 Å². The van der Waals surface area contributed by atoms with E-state index in [0.29, 0.717) is 12.4 Å². The molecule has 0 saturated heterocycles. The van der Waals surface area contributed by atoms with E-state index in [-0.39, 0.29) is 22.5 Å². The molecule has 0 unspecified atom stereocenters. The smallest absolute Gasteiger partial charge is 0.335 e. The Hall–Kier alpha value is -2.45. The molecule has 0 spiro atoms. The van der Waals surface area contributed by atoms with Gasteiger partial charge in [-0.3, -0.25) is 0 Å². The van der Waals surface area contributed by atoms with Crippen LogP contribution >= 0.6 is 0 Å². The van der Waals surface area contributed by atoms with E-state index >= 15 is 0 Å². The van der Waals surface area contributed by atoms with Gasteiger partial charge >= 0.3 is 5.97 Å². The topological polar surface area (TPSA) is 99.6 Å². The van der Waals surface area contributed by atoms with Crippen molar-refractivity contribution in [2.45, 2.75) is 51.2 Å². The number of hydrogen-bond acceptors (Lipinski definition) is 5. The van der Waals surface area contributed by atoms with Crippen molar-refractivity contribution in [1.82, 2.24) is 9.29 Å². The van der Waals surface area contributed by atoms with E-state index in [2.05, 4.69) is 10.3 Å². The van der Waals surface area contributed by atoms with Crippen LogP contribution in [0.3, 0.4) is 0 Å². The number of benzene rings is 1. The molecule has 27 heavy (non-hydrogen) atoms. The minimum Gasteiger partial charge on any atom is -0.478 e. The number of carboxylic acid groups (broad SMARTS) is 1. The van der Waals surface area contributed by atoms with Crippen LogP contribution in [-0.2, 0) is 16.6 Å². The van der Waals surface area contributed by atoms with Gasteiger partial charge in [-0.25, -0.2) is 18.2 Å². The lowest BCUT2D eigenvalue weighted by atomic mass is 10.1. The fraction of sp³-hybridized carbons (Fsp3) is 0.368. The largest absolute Gasteiger partial charge is 0.478 e. The summed E-state index contributed by atoms with van der Waals surface area (Å²) in [6.45, 7) is 7.82. The maximum Gasteiger partial charge on any atom is 0.335 e. The molecule has 2 N–H and O–H groups in total. The monoisotopic (exact) mass is 391 g/mol. The van der Waals surface area contributed by atoms with E-state index in [4.69, 9.17) is 5.11 Å². The van der Waals surface area contributed by atoms with Crippen molar-refractivity contribution in [3.8, 4) is 0 Å². The summed E-state index contributed by atoms with van der Waals surface area (Å²) in [5.41, 5.74) is 1.12. The number of carbonyl (C=O) groups is 1. The van der Waals surface area contributed by atoms with Crippen LogP contribution in [0.1, 0.15) is 43.6 Å². The minimum atomic E-state index is -3.61. The van der Waals surface area contributed by atoms with Crippen molar-refractivity contribution in [2.24, 2.45) is 0 Å². The number of aromatic carboxylic acids is 1. The lowest BCUT2D eigenvalue weighted by Crippen LogP contribution is -2.41. The number of carboxylic acids is 1. The van der Waals surface area contributed by atoms with Crippen molar-refractivity contribution in [3.63, 3.8) is 0 Å². The molecule has 1 heterocycles. The summed E-state index contributed by atoms with van der Waals surface area (Å²) in [5, 5.41) is 12.0. The van der Waals surface area contributed by atoms with E-state index in [1.807, 2.05) is 27.7 Å². The van der Waals surface area contributed by atoms with Crippen molar-refractivity contribution in [1.29, 1.82) is 0 Å². The van der Waals surface area contributed by atoms with Crippen LogP contribution in [0, 0.1) is 0 Å². The third-order valence-corrected chi connectivity index (χ3v) is 6.24. The highest BCUT2D eigenvalue weighted by atomic mass is 32.2. The number of aromatic nitrogens is 1. The normalized spacial score (nSPS) is 12.0. The average molecular weight is 391 g/mol. The molecule has 7 nitrogen and oxygen atoms in total. The second-order valence-corrected chi connectivity index (χ2v) is 8.60. The maximum atomic E-state index is 12.8. The van der Waals surface area contributed by atoms with Crippen LogP contribution in [0.15, 0.2) is 47.5 Å². The standard InChI is InChI=1S/C19H25N3O4S/c1-13(2)22(14(3)4)27(25,26)17-9-10-18(21-12-17)20-11-15-5-7-16(8-6-15)19(23)24/h5-10,12-14H,11H2,1-4H3,(H,20,21)(H,23,24). The Kier molecular flexibility index (Phi) is 6.56. The molecule has 2 aromatic rings. The Morgan fingerprint density at radius 3 is 2.11 bits per heavy atom. The molecule has 0 bridgehead atoms. The first kappa shape index (κ1) is 20.9. The van der Waals surface area contributed by atoms with Gasteiger partial charge in [0.2, 0.25) is 10.0 Å². The molecule has 0 aliphatic carbocycles. The van der Waals surface area contributed by atoms with Crippen molar-refractivity contribution in [2.75, 3.05) is 5.32 Å². The van der Waals surface area contributed by atoms with Gasteiger partial charge in [-0.05, 0) is 57.5 Å². The van der Waals surface area contributed by atoms with E-state index in [0.717, 1.165) is 5.56 Å². The van der Waals surface area contributed by atoms with E-state index in [1.165, 1.54) is 28.7 Å². The number of hydrogen-bond donors (Lipinski definition) is 2. The molecule has 1 aromatic heterocycles. The molecular weight excluding hydrogens is 366 g/mol. The quantitative estimate of drug-likeness (QED) is 0.717. The number of pyridine rings is 1. The summed E-state index contributed by atoms with van der Waals surface area (Å²) in [7, 11) is -3.61. The molecule has 2 rings (SSSR count). The third-order valence-electron chi connectivity index (χ3n) is 4.00. The molecular formula is C19H25N3O4S. The number of sulfonamides is 1. The number of nitrogens with zero attached hydrogens (tertiary/aromatic N) is 2. The molecule has 8 heteroatoms. The number of anilines is 1. The molecule has 1 aromatic carbocycles. The molecule has 0 atom stereocenters. The predicted molar refractivity (Wildman–Crippen MR) is 104 cm³/mol. The first-order valence-corrected chi connectivity index (χ1v) is 10.1. The Labute approximate surface area is 160 Å². The zero-order valence-electron chi connectivity index (χ0n) is 15.9. The minimum absolute atomic E-state index is 0.151. The molecule has 146 valence electrons. The number of rotatable bonds is 8. The van der Waals surface area contributed by atoms with E-state index < -0.39 is 16.0 Å². The molecule has 0 aliphatic heterocycles. The highest BCUT2D eigenvalue weighted by molar-refractivity contribution is 7.89. The van der Waals surface area contributed by atoms with Gasteiger partial charge in [0.05, 0.1) is 5.56 Å². The highest BCUT2D eigenvalue weighted by Crippen LogP contribution is 2.21. The van der Waals surface area contributed by atoms with Crippen molar-refractivity contribution in [3.05, 3.63) is 53.7 Å². The van der Waals surface area contributed by atoms with Gasteiger partial charge in [0.1, 0.15) is 10.7 Å². The summed E-state index contributed by atoms with van der Waals surface area (Å²) >= 11 is 0. The van der Waals surface area contributed by atoms with Crippen LogP contribution in [0.5, 0.6) is 0 Å².